The third kappa shape index (κ3) is 3.90. The molecule has 5 heteroatoms. The Kier molecular flexibility index (Phi) is 5.12. The van der Waals surface area contributed by atoms with Crippen LogP contribution in [0.25, 0.3) is 10.9 Å². The number of aryl methyl sites for hydroxylation is 2. The molecule has 4 aromatic rings. The lowest BCUT2D eigenvalue weighted by atomic mass is 10.1. The lowest BCUT2D eigenvalue weighted by Crippen LogP contribution is -2.24. The number of hydrogen-bond acceptors (Lipinski definition) is 3. The first-order valence-electron chi connectivity index (χ1n) is 9.74. The van der Waals surface area contributed by atoms with E-state index in [9.17, 15) is 4.79 Å². The van der Waals surface area contributed by atoms with Gasteiger partial charge in [0.2, 0.25) is 0 Å². The van der Waals surface area contributed by atoms with Crippen molar-refractivity contribution in [3.63, 3.8) is 0 Å². The molecule has 2 aromatic heterocycles. The molecule has 0 atom stereocenters. The average molecular weight is 384 g/mol. The summed E-state index contributed by atoms with van der Waals surface area (Å²) in [5.74, 6) is -0.0960. The molecule has 0 saturated carbocycles. The molecule has 29 heavy (non-hydrogen) atoms. The fourth-order valence-corrected chi connectivity index (χ4v) is 3.66. The molecule has 5 nitrogen and oxygen atoms in total. The Bertz CT molecular complexity index is 1180. The van der Waals surface area contributed by atoms with Crippen LogP contribution in [0.5, 0.6) is 0 Å². The van der Waals surface area contributed by atoms with Crippen LogP contribution in [0.1, 0.15) is 38.6 Å². The van der Waals surface area contributed by atoms with Crippen molar-refractivity contribution in [2.75, 3.05) is 0 Å². The number of fused-ring (bicyclic) bond motifs is 1. The second-order valence-corrected chi connectivity index (χ2v) is 7.30. The number of rotatable bonds is 5. The minimum atomic E-state index is -0.0960. The van der Waals surface area contributed by atoms with E-state index in [-0.39, 0.29) is 5.91 Å². The predicted octanol–water partition coefficient (Wildman–Crippen LogP) is 4.33. The van der Waals surface area contributed by atoms with Crippen molar-refractivity contribution in [1.29, 1.82) is 0 Å². The van der Waals surface area contributed by atoms with E-state index in [1.165, 1.54) is 5.56 Å². The van der Waals surface area contributed by atoms with Gasteiger partial charge in [0.05, 0.1) is 23.3 Å². The second kappa shape index (κ2) is 7.87. The highest BCUT2D eigenvalue weighted by atomic mass is 16.1. The smallest absolute Gasteiger partial charge is 0.252 e. The number of carbonyl (C=O) groups is 1. The van der Waals surface area contributed by atoms with Crippen LogP contribution in [0.2, 0.25) is 0 Å². The van der Waals surface area contributed by atoms with Crippen LogP contribution in [-0.4, -0.2) is 20.7 Å². The van der Waals surface area contributed by atoms with Crippen molar-refractivity contribution in [2.24, 2.45) is 0 Å². The number of pyridine rings is 1. The number of nitrogens with one attached hydrogen (secondary N) is 1. The first kappa shape index (κ1) is 18.9. The molecule has 0 aliphatic carbocycles. The van der Waals surface area contributed by atoms with Crippen LogP contribution >= 0.6 is 0 Å². The summed E-state index contributed by atoms with van der Waals surface area (Å²) >= 11 is 0. The zero-order chi connectivity index (χ0) is 20.4. The fraction of sp³-hybridized carbons (Fsp3) is 0.208. The van der Waals surface area contributed by atoms with Gasteiger partial charge in [0, 0.05) is 28.9 Å². The Morgan fingerprint density at radius 3 is 2.52 bits per heavy atom. The van der Waals surface area contributed by atoms with Crippen LogP contribution < -0.4 is 5.32 Å². The summed E-state index contributed by atoms with van der Waals surface area (Å²) in [5, 5.41) is 8.61. The van der Waals surface area contributed by atoms with Crippen molar-refractivity contribution in [3.05, 3.63) is 94.4 Å². The number of para-hydroxylation sites is 1. The number of amides is 1. The Hall–Kier alpha value is -3.47. The minimum Gasteiger partial charge on any atom is -0.348 e. The number of nitrogens with zero attached hydrogens (tertiary/aromatic N) is 3. The van der Waals surface area contributed by atoms with E-state index in [1.807, 2.05) is 67.1 Å². The topological polar surface area (TPSA) is 59.8 Å². The van der Waals surface area contributed by atoms with Crippen LogP contribution in [0.15, 0.2) is 60.7 Å². The molecule has 4 rings (SSSR count). The van der Waals surface area contributed by atoms with Gasteiger partial charge in [0.25, 0.3) is 5.91 Å². The van der Waals surface area contributed by atoms with E-state index < -0.39 is 0 Å². The Morgan fingerprint density at radius 2 is 1.72 bits per heavy atom. The summed E-state index contributed by atoms with van der Waals surface area (Å²) in [7, 11) is 0. The molecule has 2 heterocycles. The summed E-state index contributed by atoms with van der Waals surface area (Å²) < 4.78 is 2.00. The summed E-state index contributed by atoms with van der Waals surface area (Å²) in [6, 6.07) is 19.8. The second-order valence-electron chi connectivity index (χ2n) is 7.30. The molecule has 2 aromatic carbocycles. The average Bonchev–Trinajstić information content (AvgIpc) is 2.99. The number of carbonyl (C=O) groups excluding carboxylic acids is 1. The maximum atomic E-state index is 12.9. The van der Waals surface area contributed by atoms with Gasteiger partial charge in [-0.25, -0.2) is 0 Å². The highest BCUT2D eigenvalue weighted by Crippen LogP contribution is 2.19. The van der Waals surface area contributed by atoms with Crippen molar-refractivity contribution < 1.29 is 4.79 Å². The molecule has 0 aliphatic heterocycles. The number of aromatic nitrogens is 3. The van der Waals surface area contributed by atoms with Gasteiger partial charge in [-0.1, -0.05) is 48.5 Å². The highest BCUT2D eigenvalue weighted by molar-refractivity contribution is 6.06. The summed E-state index contributed by atoms with van der Waals surface area (Å²) in [6.07, 6.45) is 0. The van der Waals surface area contributed by atoms with Gasteiger partial charge in [0.1, 0.15) is 0 Å². The van der Waals surface area contributed by atoms with Crippen molar-refractivity contribution >= 4 is 16.8 Å². The van der Waals surface area contributed by atoms with Crippen LogP contribution in [0.4, 0.5) is 0 Å². The van der Waals surface area contributed by atoms with Gasteiger partial charge in [-0.05, 0) is 38.5 Å². The van der Waals surface area contributed by atoms with E-state index in [0.717, 1.165) is 40.1 Å². The van der Waals surface area contributed by atoms with Crippen molar-refractivity contribution in [1.82, 2.24) is 20.1 Å². The van der Waals surface area contributed by atoms with Gasteiger partial charge < -0.3 is 5.32 Å². The Morgan fingerprint density at radius 1 is 1.00 bits per heavy atom. The van der Waals surface area contributed by atoms with E-state index in [2.05, 4.69) is 34.5 Å². The summed E-state index contributed by atoms with van der Waals surface area (Å²) in [6.45, 7) is 7.11. The quantitative estimate of drug-likeness (QED) is 0.557. The molecule has 0 spiro atoms. The Balaban J connectivity index is 1.55. The van der Waals surface area contributed by atoms with Crippen LogP contribution in [0, 0.1) is 20.8 Å². The van der Waals surface area contributed by atoms with Gasteiger partial charge >= 0.3 is 0 Å². The maximum absolute atomic E-state index is 12.9. The minimum absolute atomic E-state index is 0.0960. The zero-order valence-corrected chi connectivity index (χ0v) is 16.9. The van der Waals surface area contributed by atoms with Crippen molar-refractivity contribution in [2.45, 2.75) is 33.9 Å². The third-order valence-corrected chi connectivity index (χ3v) is 5.22. The SMILES string of the molecule is Cc1cc(C(=O)NCc2c(C)nn(Cc3ccccc3)c2C)c2ccccc2n1. The molecule has 1 N–H and O–H groups in total. The first-order valence-corrected chi connectivity index (χ1v) is 9.74. The Labute approximate surface area is 170 Å². The number of hydrogen-bond donors (Lipinski definition) is 1. The van der Waals surface area contributed by atoms with Gasteiger partial charge in [-0.3, -0.25) is 14.5 Å². The molecule has 1 amide bonds. The summed E-state index contributed by atoms with van der Waals surface area (Å²) in [5.41, 5.74) is 6.59. The predicted molar refractivity (Wildman–Crippen MR) is 115 cm³/mol. The normalized spacial score (nSPS) is 11.0. The third-order valence-electron chi connectivity index (χ3n) is 5.22. The first-order chi connectivity index (χ1) is 14.0. The fourth-order valence-electron chi connectivity index (χ4n) is 3.66. The van der Waals surface area contributed by atoms with Gasteiger partial charge in [-0.2, -0.15) is 5.10 Å². The van der Waals surface area contributed by atoms with Crippen LogP contribution in [-0.2, 0) is 13.1 Å². The molecule has 146 valence electrons. The molecule has 0 radical (unpaired) electrons. The van der Waals surface area contributed by atoms with Crippen molar-refractivity contribution in [3.8, 4) is 0 Å². The molecular formula is C24H24N4O. The van der Waals surface area contributed by atoms with E-state index in [4.69, 9.17) is 0 Å². The molecular weight excluding hydrogens is 360 g/mol. The van der Waals surface area contributed by atoms with E-state index >= 15 is 0 Å². The molecule has 0 bridgehead atoms. The largest absolute Gasteiger partial charge is 0.348 e. The number of benzene rings is 2. The monoisotopic (exact) mass is 384 g/mol. The van der Waals surface area contributed by atoms with Gasteiger partial charge in [-0.15, -0.1) is 0 Å². The lowest BCUT2D eigenvalue weighted by Gasteiger charge is -2.10. The van der Waals surface area contributed by atoms with E-state index in [0.29, 0.717) is 12.1 Å². The standard InChI is InChI=1S/C24H24N4O/c1-16-13-21(20-11-7-8-12-23(20)26-16)24(29)25-14-22-17(2)27-28(18(22)3)15-19-9-5-4-6-10-19/h4-13H,14-15H2,1-3H3,(H,25,29). The van der Waals surface area contributed by atoms with Gasteiger partial charge in [0.15, 0.2) is 0 Å². The lowest BCUT2D eigenvalue weighted by molar-refractivity contribution is 0.0952. The van der Waals surface area contributed by atoms with E-state index in [1.54, 1.807) is 0 Å². The molecule has 0 unspecified atom stereocenters. The van der Waals surface area contributed by atoms with Crippen LogP contribution in [0.3, 0.4) is 0 Å². The maximum Gasteiger partial charge on any atom is 0.252 e. The molecule has 0 aliphatic rings. The molecule has 0 saturated heterocycles. The highest BCUT2D eigenvalue weighted by Gasteiger charge is 2.15. The molecule has 0 fully saturated rings. The summed E-state index contributed by atoms with van der Waals surface area (Å²) in [4.78, 5) is 17.5. The zero-order valence-electron chi connectivity index (χ0n) is 16.9.